The topological polar surface area (TPSA) is 22.1 Å². The summed E-state index contributed by atoms with van der Waals surface area (Å²) in [4.78, 5) is 3.83. The molecule has 0 amide bonds. The number of hydrogen-bond acceptors (Lipinski definition) is 2. The number of alkyl halides is 5. The lowest BCUT2D eigenvalue weighted by Gasteiger charge is -2.10. The normalized spacial score (nSPS) is 18.9. The number of pyridine rings is 1. The molecular formula is C17H13Cl3F3NO. The van der Waals surface area contributed by atoms with Crippen molar-refractivity contribution in [1.29, 1.82) is 0 Å². The van der Waals surface area contributed by atoms with Gasteiger partial charge >= 0.3 is 6.18 Å². The molecule has 0 radical (unpaired) electrons. The molecule has 0 saturated heterocycles. The predicted molar refractivity (Wildman–Crippen MR) is 91.5 cm³/mol. The number of benzene rings is 1. The number of halogens is 6. The summed E-state index contributed by atoms with van der Waals surface area (Å²) >= 11 is 17.8. The fraction of sp³-hybridized carbons (Fsp3) is 0.353. The summed E-state index contributed by atoms with van der Waals surface area (Å²) in [6, 6.07) is 8.07. The summed E-state index contributed by atoms with van der Waals surface area (Å²) in [6.07, 6.45) is -2.63. The number of hydrogen-bond donors (Lipinski definition) is 0. The second-order valence-electron chi connectivity index (χ2n) is 5.94. The van der Waals surface area contributed by atoms with E-state index in [-0.39, 0.29) is 10.9 Å². The molecule has 8 heteroatoms. The molecule has 134 valence electrons. The Kier molecular flexibility index (Phi) is 5.11. The summed E-state index contributed by atoms with van der Waals surface area (Å²) in [7, 11) is 0. The number of aromatic nitrogens is 1. The zero-order valence-electron chi connectivity index (χ0n) is 12.8. The first-order chi connectivity index (χ1) is 11.6. The Morgan fingerprint density at radius 3 is 2.36 bits per heavy atom. The van der Waals surface area contributed by atoms with E-state index in [1.165, 1.54) is 0 Å². The van der Waals surface area contributed by atoms with E-state index in [0.29, 0.717) is 30.9 Å². The SMILES string of the molecule is FC(F)(F)c1cnc(Cc2ccc(OC[C@@H]3CC3(Cl)Cl)cc2)c(Cl)c1. The lowest BCUT2D eigenvalue weighted by molar-refractivity contribution is -0.137. The average molecular weight is 411 g/mol. The van der Waals surface area contributed by atoms with Crippen molar-refractivity contribution in [2.24, 2.45) is 5.92 Å². The lowest BCUT2D eigenvalue weighted by Crippen LogP contribution is -2.07. The molecule has 1 atom stereocenters. The van der Waals surface area contributed by atoms with Crippen molar-refractivity contribution in [3.63, 3.8) is 0 Å². The van der Waals surface area contributed by atoms with Crippen molar-refractivity contribution in [2.45, 2.75) is 23.4 Å². The molecule has 1 aromatic heterocycles. The van der Waals surface area contributed by atoms with Gasteiger partial charge in [-0.25, -0.2) is 0 Å². The molecule has 1 aliphatic carbocycles. The number of nitrogens with zero attached hydrogens (tertiary/aromatic N) is 1. The minimum Gasteiger partial charge on any atom is -0.493 e. The Morgan fingerprint density at radius 2 is 1.84 bits per heavy atom. The third-order valence-electron chi connectivity index (χ3n) is 3.95. The first-order valence-electron chi connectivity index (χ1n) is 7.46. The fourth-order valence-corrected chi connectivity index (χ4v) is 3.03. The van der Waals surface area contributed by atoms with Gasteiger partial charge < -0.3 is 4.74 Å². The Bertz CT molecular complexity index is 763. The van der Waals surface area contributed by atoms with Gasteiger partial charge in [0.15, 0.2) is 0 Å². The van der Waals surface area contributed by atoms with Gasteiger partial charge in [-0.2, -0.15) is 13.2 Å². The van der Waals surface area contributed by atoms with Crippen molar-refractivity contribution in [3.05, 3.63) is 58.4 Å². The maximum Gasteiger partial charge on any atom is 0.417 e. The Morgan fingerprint density at radius 1 is 1.20 bits per heavy atom. The van der Waals surface area contributed by atoms with Crippen LogP contribution in [-0.2, 0) is 12.6 Å². The third-order valence-corrected chi connectivity index (χ3v) is 5.20. The molecule has 0 spiro atoms. The predicted octanol–water partition coefficient (Wildman–Crippen LogP) is 5.92. The summed E-state index contributed by atoms with van der Waals surface area (Å²) in [6.45, 7) is 0.443. The van der Waals surface area contributed by atoms with Crippen LogP contribution in [0.4, 0.5) is 13.2 Å². The molecule has 0 bridgehead atoms. The summed E-state index contributed by atoms with van der Waals surface area (Å²) < 4.78 is 42.8. The van der Waals surface area contributed by atoms with Crippen LogP contribution < -0.4 is 4.74 Å². The molecule has 1 heterocycles. The van der Waals surface area contributed by atoms with E-state index < -0.39 is 16.1 Å². The smallest absolute Gasteiger partial charge is 0.417 e. The molecule has 1 fully saturated rings. The third kappa shape index (κ3) is 4.72. The monoisotopic (exact) mass is 409 g/mol. The van der Waals surface area contributed by atoms with Crippen molar-refractivity contribution < 1.29 is 17.9 Å². The molecule has 0 aliphatic heterocycles. The highest BCUT2D eigenvalue weighted by molar-refractivity contribution is 6.50. The van der Waals surface area contributed by atoms with Gasteiger partial charge in [-0.3, -0.25) is 4.98 Å². The van der Waals surface area contributed by atoms with Crippen LogP contribution in [0.1, 0.15) is 23.2 Å². The van der Waals surface area contributed by atoms with Crippen LogP contribution in [0, 0.1) is 5.92 Å². The second kappa shape index (κ2) is 6.86. The molecule has 2 nitrogen and oxygen atoms in total. The Labute approximate surface area is 157 Å². The van der Waals surface area contributed by atoms with E-state index in [4.69, 9.17) is 39.5 Å². The quantitative estimate of drug-likeness (QED) is 0.571. The van der Waals surface area contributed by atoms with Gasteiger partial charge in [0.2, 0.25) is 0 Å². The van der Waals surface area contributed by atoms with E-state index in [1.54, 1.807) is 12.1 Å². The summed E-state index contributed by atoms with van der Waals surface area (Å²) in [5.41, 5.74) is 0.382. The van der Waals surface area contributed by atoms with Crippen molar-refractivity contribution in [3.8, 4) is 5.75 Å². The minimum absolute atomic E-state index is 0.00977. The van der Waals surface area contributed by atoms with E-state index in [0.717, 1.165) is 17.8 Å². The van der Waals surface area contributed by atoms with Crippen LogP contribution in [0.15, 0.2) is 36.5 Å². The molecular weight excluding hydrogens is 398 g/mol. The largest absolute Gasteiger partial charge is 0.493 e. The zero-order valence-corrected chi connectivity index (χ0v) is 15.1. The molecule has 0 unspecified atom stereocenters. The summed E-state index contributed by atoms with van der Waals surface area (Å²) in [5, 5.41) is -0.00977. The summed E-state index contributed by atoms with van der Waals surface area (Å²) in [5.74, 6) is 0.803. The Balaban J connectivity index is 1.61. The van der Waals surface area contributed by atoms with Gasteiger partial charge in [-0.1, -0.05) is 23.7 Å². The van der Waals surface area contributed by atoms with Gasteiger partial charge in [-0.05, 0) is 30.2 Å². The van der Waals surface area contributed by atoms with Gasteiger partial charge in [-0.15, -0.1) is 23.2 Å². The highest BCUT2D eigenvalue weighted by atomic mass is 35.5. The molecule has 25 heavy (non-hydrogen) atoms. The van der Waals surface area contributed by atoms with Crippen LogP contribution in [-0.4, -0.2) is 15.9 Å². The van der Waals surface area contributed by atoms with E-state index >= 15 is 0 Å². The maximum atomic E-state index is 12.6. The average Bonchev–Trinajstić information content (AvgIpc) is 3.15. The lowest BCUT2D eigenvalue weighted by atomic mass is 10.1. The number of rotatable bonds is 5. The van der Waals surface area contributed by atoms with Crippen molar-refractivity contribution in [2.75, 3.05) is 6.61 Å². The van der Waals surface area contributed by atoms with Gasteiger partial charge in [0, 0.05) is 18.5 Å². The number of ether oxygens (including phenoxy) is 1. The van der Waals surface area contributed by atoms with Crippen LogP contribution in [0.2, 0.25) is 5.02 Å². The van der Waals surface area contributed by atoms with Gasteiger partial charge in [0.25, 0.3) is 0 Å². The van der Waals surface area contributed by atoms with Crippen LogP contribution in [0.5, 0.6) is 5.75 Å². The van der Waals surface area contributed by atoms with E-state index in [2.05, 4.69) is 4.98 Å². The molecule has 3 rings (SSSR count). The van der Waals surface area contributed by atoms with E-state index in [1.807, 2.05) is 12.1 Å². The van der Waals surface area contributed by atoms with Crippen molar-refractivity contribution >= 4 is 34.8 Å². The molecule has 2 aromatic rings. The van der Waals surface area contributed by atoms with Gasteiger partial charge in [0.1, 0.15) is 10.1 Å². The highest BCUT2D eigenvalue weighted by Gasteiger charge is 2.52. The van der Waals surface area contributed by atoms with Crippen molar-refractivity contribution in [1.82, 2.24) is 4.98 Å². The molecule has 1 aliphatic rings. The first kappa shape index (κ1) is 18.6. The first-order valence-corrected chi connectivity index (χ1v) is 8.60. The second-order valence-corrected chi connectivity index (χ2v) is 7.89. The minimum atomic E-state index is -4.46. The highest BCUT2D eigenvalue weighted by Crippen LogP contribution is 2.53. The van der Waals surface area contributed by atoms with Crippen LogP contribution >= 0.6 is 34.8 Å². The molecule has 1 aromatic carbocycles. The van der Waals surface area contributed by atoms with Crippen LogP contribution in [0.25, 0.3) is 0 Å². The van der Waals surface area contributed by atoms with Gasteiger partial charge in [0.05, 0.1) is 22.9 Å². The molecule has 1 saturated carbocycles. The zero-order chi connectivity index (χ0) is 18.2. The van der Waals surface area contributed by atoms with Crippen LogP contribution in [0.3, 0.4) is 0 Å². The molecule has 0 N–H and O–H groups in total. The van der Waals surface area contributed by atoms with E-state index in [9.17, 15) is 13.2 Å². The maximum absolute atomic E-state index is 12.6. The standard InChI is InChI=1S/C17H13Cl3F3NO/c18-14-6-11(17(21,22)23)8-24-15(14)5-10-1-3-13(4-2-10)25-9-12-7-16(12,19)20/h1-4,6,8,12H,5,7,9H2/t12-/m0/s1. The Hall–Kier alpha value is -1.17. The fourth-order valence-electron chi connectivity index (χ4n) is 2.30.